The number of nitrogens with one attached hydrogen (secondary N) is 1. The van der Waals surface area contributed by atoms with Crippen LogP contribution in [-0.4, -0.2) is 34.3 Å². The Bertz CT molecular complexity index is 357. The lowest BCUT2D eigenvalue weighted by Crippen LogP contribution is -2.72. The number of amides is 2. The third-order valence-corrected chi connectivity index (χ3v) is 3.72. The second-order valence-electron chi connectivity index (χ2n) is 6.75. The topological polar surface area (TPSA) is 49.4 Å². The highest BCUT2D eigenvalue weighted by Gasteiger charge is 2.51. The smallest absolute Gasteiger partial charge is 0.248 e. The van der Waals surface area contributed by atoms with E-state index in [1.165, 1.54) is 0 Å². The van der Waals surface area contributed by atoms with Gasteiger partial charge in [-0.15, -0.1) is 0 Å². The molecule has 1 heterocycles. The van der Waals surface area contributed by atoms with Gasteiger partial charge in [0.1, 0.15) is 11.6 Å². The molecule has 1 fully saturated rings. The van der Waals surface area contributed by atoms with Crippen LogP contribution in [0.25, 0.3) is 0 Å². The minimum absolute atomic E-state index is 0.0265. The monoisotopic (exact) mass is 254 g/mol. The first kappa shape index (κ1) is 15.0. The van der Waals surface area contributed by atoms with E-state index in [4.69, 9.17) is 0 Å². The normalized spacial score (nSPS) is 29.8. The van der Waals surface area contributed by atoms with E-state index in [0.717, 1.165) is 0 Å². The Labute approximate surface area is 110 Å². The van der Waals surface area contributed by atoms with Crippen LogP contribution in [0.5, 0.6) is 0 Å². The van der Waals surface area contributed by atoms with Gasteiger partial charge in [-0.1, -0.05) is 27.7 Å². The lowest BCUT2D eigenvalue weighted by atomic mass is 9.79. The summed E-state index contributed by atoms with van der Waals surface area (Å²) in [5, 5.41) is 2.90. The molecule has 1 N–H and O–H groups in total. The molecule has 4 nitrogen and oxygen atoms in total. The third-order valence-electron chi connectivity index (χ3n) is 3.72. The molecule has 0 aromatic carbocycles. The van der Waals surface area contributed by atoms with Gasteiger partial charge < -0.3 is 10.2 Å². The number of hydrogen-bond donors (Lipinski definition) is 1. The van der Waals surface area contributed by atoms with Crippen LogP contribution in [0, 0.1) is 5.41 Å². The number of carbonyl (C=O) groups is 2. The summed E-state index contributed by atoms with van der Waals surface area (Å²) in [6.45, 7) is 13.6. The molecule has 0 bridgehead atoms. The fraction of sp³-hybridized carbons (Fsp3) is 0.857. The summed E-state index contributed by atoms with van der Waals surface area (Å²) in [4.78, 5) is 26.8. The van der Waals surface area contributed by atoms with Gasteiger partial charge in [-0.25, -0.2) is 0 Å². The molecule has 0 aromatic rings. The first-order chi connectivity index (χ1) is 8.04. The van der Waals surface area contributed by atoms with Gasteiger partial charge in [-0.2, -0.15) is 0 Å². The van der Waals surface area contributed by atoms with E-state index in [1.54, 1.807) is 4.90 Å². The van der Waals surface area contributed by atoms with Gasteiger partial charge in [0.05, 0.1) is 0 Å². The first-order valence-corrected chi connectivity index (χ1v) is 6.69. The van der Waals surface area contributed by atoms with Crippen LogP contribution in [0.2, 0.25) is 0 Å². The minimum atomic E-state index is -0.761. The summed E-state index contributed by atoms with van der Waals surface area (Å²) >= 11 is 0. The Morgan fingerprint density at radius 1 is 1.33 bits per heavy atom. The van der Waals surface area contributed by atoms with Gasteiger partial charge in [0.25, 0.3) is 0 Å². The minimum Gasteiger partial charge on any atom is -0.340 e. The summed E-state index contributed by atoms with van der Waals surface area (Å²) in [6, 6.07) is -0.372. The molecule has 104 valence electrons. The molecule has 18 heavy (non-hydrogen) atoms. The first-order valence-electron chi connectivity index (χ1n) is 6.69. The summed E-state index contributed by atoms with van der Waals surface area (Å²) in [6.07, 6.45) is 0.609. The van der Waals surface area contributed by atoms with Crippen molar-refractivity contribution in [3.63, 3.8) is 0 Å². The zero-order valence-corrected chi connectivity index (χ0v) is 12.6. The molecule has 0 aromatic heterocycles. The van der Waals surface area contributed by atoms with Gasteiger partial charge in [0.15, 0.2) is 0 Å². The summed E-state index contributed by atoms with van der Waals surface area (Å²) in [5.74, 6) is -0.0142. The van der Waals surface area contributed by atoms with Crippen molar-refractivity contribution in [2.75, 3.05) is 0 Å². The van der Waals surface area contributed by atoms with Crippen molar-refractivity contribution in [3.8, 4) is 0 Å². The fourth-order valence-electron chi connectivity index (χ4n) is 2.51. The number of hydrogen-bond acceptors (Lipinski definition) is 2. The largest absolute Gasteiger partial charge is 0.340 e. The quantitative estimate of drug-likeness (QED) is 0.818. The molecule has 2 amide bonds. The SMILES string of the molecule is CCC1(C)NC(=O)C(C(C)(C)C)N(C(C)C)C1=O. The highest BCUT2D eigenvalue weighted by Crippen LogP contribution is 2.32. The van der Waals surface area contributed by atoms with E-state index in [0.29, 0.717) is 6.42 Å². The van der Waals surface area contributed by atoms with Crippen molar-refractivity contribution in [1.82, 2.24) is 10.2 Å². The Balaban J connectivity index is 3.24. The molecule has 1 rings (SSSR count). The van der Waals surface area contributed by atoms with Crippen LogP contribution >= 0.6 is 0 Å². The molecule has 1 aliphatic heterocycles. The maximum Gasteiger partial charge on any atom is 0.248 e. The van der Waals surface area contributed by atoms with Crippen LogP contribution < -0.4 is 5.32 Å². The van der Waals surface area contributed by atoms with E-state index in [2.05, 4.69) is 5.32 Å². The van der Waals surface area contributed by atoms with Crippen molar-refractivity contribution in [2.45, 2.75) is 72.5 Å². The van der Waals surface area contributed by atoms with Crippen LogP contribution in [0.15, 0.2) is 0 Å². The average molecular weight is 254 g/mol. The maximum atomic E-state index is 12.6. The Hall–Kier alpha value is -1.06. The molecule has 0 radical (unpaired) electrons. The Morgan fingerprint density at radius 3 is 2.17 bits per heavy atom. The standard InChI is InChI=1S/C14H26N2O2/c1-8-14(7)12(18)16(9(2)3)10(11(17)15-14)13(4,5)6/h9-10H,8H2,1-7H3,(H,15,17). The molecule has 1 saturated heterocycles. The van der Waals surface area contributed by atoms with Gasteiger partial charge >= 0.3 is 0 Å². The highest BCUT2D eigenvalue weighted by molar-refractivity contribution is 6.00. The number of rotatable bonds is 2. The predicted octanol–water partition coefficient (Wildman–Crippen LogP) is 1.94. The van der Waals surface area contributed by atoms with Gasteiger partial charge in [-0.05, 0) is 32.6 Å². The van der Waals surface area contributed by atoms with Crippen molar-refractivity contribution in [2.24, 2.45) is 5.41 Å². The average Bonchev–Trinajstić information content (AvgIpc) is 2.20. The second-order valence-corrected chi connectivity index (χ2v) is 6.75. The molecule has 0 saturated carbocycles. The van der Waals surface area contributed by atoms with Crippen LogP contribution in [-0.2, 0) is 9.59 Å². The van der Waals surface area contributed by atoms with E-state index in [-0.39, 0.29) is 23.3 Å². The predicted molar refractivity (Wildman–Crippen MR) is 72.1 cm³/mol. The molecule has 2 unspecified atom stereocenters. The molecule has 0 spiro atoms. The molecular formula is C14H26N2O2. The van der Waals surface area contributed by atoms with Gasteiger partial charge in [0, 0.05) is 6.04 Å². The van der Waals surface area contributed by atoms with Crippen molar-refractivity contribution < 1.29 is 9.59 Å². The second kappa shape index (κ2) is 4.56. The maximum absolute atomic E-state index is 12.6. The Morgan fingerprint density at radius 2 is 1.83 bits per heavy atom. The van der Waals surface area contributed by atoms with Gasteiger partial charge in [0.2, 0.25) is 11.8 Å². The molecule has 1 aliphatic rings. The summed E-state index contributed by atoms with van der Waals surface area (Å²) < 4.78 is 0. The highest BCUT2D eigenvalue weighted by atomic mass is 16.2. The van der Waals surface area contributed by atoms with Crippen molar-refractivity contribution >= 4 is 11.8 Å². The summed E-state index contributed by atoms with van der Waals surface area (Å²) in [5.41, 5.74) is -1.03. The van der Waals surface area contributed by atoms with E-state index in [1.807, 2.05) is 48.5 Å². The van der Waals surface area contributed by atoms with E-state index in [9.17, 15) is 9.59 Å². The fourth-order valence-corrected chi connectivity index (χ4v) is 2.51. The van der Waals surface area contributed by atoms with Gasteiger partial charge in [-0.3, -0.25) is 9.59 Å². The van der Waals surface area contributed by atoms with Crippen molar-refractivity contribution in [3.05, 3.63) is 0 Å². The lowest BCUT2D eigenvalue weighted by Gasteiger charge is -2.50. The third kappa shape index (κ3) is 2.38. The zero-order valence-electron chi connectivity index (χ0n) is 12.6. The van der Waals surface area contributed by atoms with E-state index < -0.39 is 11.6 Å². The van der Waals surface area contributed by atoms with E-state index >= 15 is 0 Å². The molecular weight excluding hydrogens is 228 g/mol. The number of carbonyl (C=O) groups excluding carboxylic acids is 2. The number of piperazine rings is 1. The van der Waals surface area contributed by atoms with Crippen LogP contribution in [0.3, 0.4) is 0 Å². The summed E-state index contributed by atoms with van der Waals surface area (Å²) in [7, 11) is 0. The molecule has 4 heteroatoms. The van der Waals surface area contributed by atoms with Crippen LogP contribution in [0.1, 0.15) is 54.9 Å². The lowest BCUT2D eigenvalue weighted by molar-refractivity contribution is -0.161. The molecule has 2 atom stereocenters. The Kier molecular flexibility index (Phi) is 3.80. The number of nitrogens with zero attached hydrogens (tertiary/aromatic N) is 1. The van der Waals surface area contributed by atoms with Crippen molar-refractivity contribution in [1.29, 1.82) is 0 Å². The molecule has 0 aliphatic carbocycles. The van der Waals surface area contributed by atoms with Crippen LogP contribution in [0.4, 0.5) is 0 Å². The zero-order chi connectivity index (χ0) is 14.3.